The standard InChI is InChI=1S/C25H29NO6S/c1-4-6-8-18-15-24(27)32-23-16-19(11-14-21(18)23)31-25(28)22(7-5-2)26-33(29,30)20-12-9-17(3)10-13-20/h9-16,22,26H,4-8H2,1-3H3. The van der Waals surface area contributed by atoms with Gasteiger partial charge in [-0.1, -0.05) is 44.4 Å². The van der Waals surface area contributed by atoms with Gasteiger partial charge in [0, 0.05) is 17.5 Å². The Morgan fingerprint density at radius 2 is 1.79 bits per heavy atom. The van der Waals surface area contributed by atoms with Gasteiger partial charge in [0.15, 0.2) is 0 Å². The monoisotopic (exact) mass is 471 g/mol. The van der Waals surface area contributed by atoms with Gasteiger partial charge in [-0.3, -0.25) is 0 Å². The Morgan fingerprint density at radius 1 is 1.06 bits per heavy atom. The summed E-state index contributed by atoms with van der Waals surface area (Å²) in [5.41, 5.74) is 1.67. The summed E-state index contributed by atoms with van der Waals surface area (Å²) in [6.07, 6.45) is 3.53. The van der Waals surface area contributed by atoms with Gasteiger partial charge in [0.25, 0.3) is 0 Å². The normalized spacial score (nSPS) is 12.6. The minimum atomic E-state index is -3.90. The van der Waals surface area contributed by atoms with Crippen molar-refractivity contribution >= 4 is 27.0 Å². The van der Waals surface area contributed by atoms with Crippen LogP contribution in [0.4, 0.5) is 0 Å². The van der Waals surface area contributed by atoms with Crippen molar-refractivity contribution in [3.8, 4) is 5.75 Å². The Labute approximate surface area is 193 Å². The molecule has 0 bridgehead atoms. The molecule has 0 aliphatic carbocycles. The van der Waals surface area contributed by atoms with Gasteiger partial charge in [-0.25, -0.2) is 18.0 Å². The van der Waals surface area contributed by atoms with Crippen LogP contribution < -0.4 is 15.1 Å². The maximum absolute atomic E-state index is 12.8. The predicted molar refractivity (Wildman–Crippen MR) is 127 cm³/mol. The summed E-state index contributed by atoms with van der Waals surface area (Å²) in [4.78, 5) is 24.9. The van der Waals surface area contributed by atoms with E-state index in [2.05, 4.69) is 11.6 Å². The lowest BCUT2D eigenvalue weighted by molar-refractivity contribution is -0.136. The highest BCUT2D eigenvalue weighted by molar-refractivity contribution is 7.89. The summed E-state index contributed by atoms with van der Waals surface area (Å²) in [5.74, 6) is -0.546. The van der Waals surface area contributed by atoms with Crippen molar-refractivity contribution in [3.05, 3.63) is 70.1 Å². The number of aryl methyl sites for hydroxylation is 2. The van der Waals surface area contributed by atoms with Crippen LogP contribution in [0, 0.1) is 6.92 Å². The van der Waals surface area contributed by atoms with Crippen LogP contribution in [0.25, 0.3) is 11.0 Å². The van der Waals surface area contributed by atoms with Crippen LogP contribution in [0.5, 0.6) is 5.75 Å². The molecular weight excluding hydrogens is 442 g/mol. The third-order valence-electron chi connectivity index (χ3n) is 5.31. The summed E-state index contributed by atoms with van der Waals surface area (Å²) in [5, 5.41) is 0.785. The van der Waals surface area contributed by atoms with Gasteiger partial charge < -0.3 is 9.15 Å². The molecule has 0 amide bonds. The average molecular weight is 472 g/mol. The van der Waals surface area contributed by atoms with Gasteiger partial charge in [0.05, 0.1) is 4.90 Å². The number of carbonyl (C=O) groups excluding carboxylic acids is 1. The van der Waals surface area contributed by atoms with Crippen molar-refractivity contribution in [2.75, 3.05) is 0 Å². The number of ether oxygens (including phenoxy) is 1. The highest BCUT2D eigenvalue weighted by Gasteiger charge is 2.27. The van der Waals surface area contributed by atoms with E-state index >= 15 is 0 Å². The number of unbranched alkanes of at least 4 members (excludes halogenated alkanes) is 1. The van der Waals surface area contributed by atoms with Crippen molar-refractivity contribution in [2.45, 2.75) is 63.8 Å². The topological polar surface area (TPSA) is 103 Å². The molecule has 8 heteroatoms. The minimum absolute atomic E-state index is 0.0779. The van der Waals surface area contributed by atoms with Crippen LogP contribution in [-0.2, 0) is 21.2 Å². The molecule has 0 saturated carbocycles. The molecule has 7 nitrogen and oxygen atoms in total. The van der Waals surface area contributed by atoms with Gasteiger partial charge in [0.2, 0.25) is 10.0 Å². The molecule has 3 rings (SSSR count). The molecule has 2 aromatic carbocycles. The largest absolute Gasteiger partial charge is 0.425 e. The number of nitrogens with one attached hydrogen (secondary N) is 1. The van der Waals surface area contributed by atoms with Crippen molar-refractivity contribution in [2.24, 2.45) is 0 Å². The predicted octanol–water partition coefficient (Wildman–Crippen LogP) is 4.50. The van der Waals surface area contributed by atoms with Crippen molar-refractivity contribution < 1.29 is 22.4 Å². The van der Waals surface area contributed by atoms with Crippen LogP contribution in [0.15, 0.2) is 62.6 Å². The van der Waals surface area contributed by atoms with Gasteiger partial charge in [-0.2, -0.15) is 4.72 Å². The SMILES string of the molecule is CCCCc1cc(=O)oc2cc(OC(=O)C(CCC)NS(=O)(=O)c3ccc(C)cc3)ccc12. The van der Waals surface area contributed by atoms with Crippen LogP contribution in [-0.4, -0.2) is 20.4 Å². The van der Waals surface area contributed by atoms with Crippen molar-refractivity contribution in [1.29, 1.82) is 0 Å². The number of rotatable bonds is 10. The molecule has 0 radical (unpaired) electrons. The Kier molecular flexibility index (Phi) is 8.05. The fraction of sp³-hybridized carbons (Fsp3) is 0.360. The number of carbonyl (C=O) groups is 1. The first-order chi connectivity index (χ1) is 15.7. The molecule has 1 unspecified atom stereocenters. The van der Waals surface area contributed by atoms with E-state index < -0.39 is 27.7 Å². The van der Waals surface area contributed by atoms with E-state index in [1.54, 1.807) is 24.3 Å². The Hall–Kier alpha value is -2.97. The number of hydrogen-bond donors (Lipinski definition) is 1. The maximum atomic E-state index is 12.8. The van der Waals surface area contributed by atoms with Gasteiger partial charge in [0.1, 0.15) is 17.4 Å². The quantitative estimate of drug-likeness (QED) is 0.265. The summed E-state index contributed by atoms with van der Waals surface area (Å²) in [7, 11) is -3.90. The fourth-order valence-corrected chi connectivity index (χ4v) is 4.74. The van der Waals surface area contributed by atoms with E-state index in [4.69, 9.17) is 9.15 Å². The second-order valence-electron chi connectivity index (χ2n) is 8.05. The van der Waals surface area contributed by atoms with Gasteiger partial charge in [-0.05, 0) is 56.0 Å². The van der Waals surface area contributed by atoms with E-state index in [1.165, 1.54) is 24.3 Å². The van der Waals surface area contributed by atoms with Crippen LogP contribution in [0.2, 0.25) is 0 Å². The van der Waals surface area contributed by atoms with E-state index in [0.717, 1.165) is 35.8 Å². The number of hydrogen-bond acceptors (Lipinski definition) is 6. The van der Waals surface area contributed by atoms with E-state index in [9.17, 15) is 18.0 Å². The minimum Gasteiger partial charge on any atom is -0.425 e. The zero-order chi connectivity index (χ0) is 24.0. The molecule has 1 N–H and O–H groups in total. The number of sulfonamides is 1. The molecule has 176 valence electrons. The summed E-state index contributed by atoms with van der Waals surface area (Å²) in [6, 6.07) is 11.7. The summed E-state index contributed by atoms with van der Waals surface area (Å²) in [6.45, 7) is 5.79. The van der Waals surface area contributed by atoms with Crippen molar-refractivity contribution in [3.63, 3.8) is 0 Å². The molecular formula is C25H29NO6S. The smallest absolute Gasteiger partial charge is 0.336 e. The molecule has 1 aromatic heterocycles. The zero-order valence-corrected chi connectivity index (χ0v) is 19.9. The number of fused-ring (bicyclic) bond motifs is 1. The molecule has 33 heavy (non-hydrogen) atoms. The Morgan fingerprint density at radius 3 is 2.45 bits per heavy atom. The molecule has 1 heterocycles. The van der Waals surface area contributed by atoms with E-state index in [1.807, 2.05) is 13.8 Å². The average Bonchev–Trinajstić information content (AvgIpc) is 2.77. The van der Waals surface area contributed by atoms with Crippen LogP contribution >= 0.6 is 0 Å². The third-order valence-corrected chi connectivity index (χ3v) is 6.80. The molecule has 0 aliphatic heterocycles. The summed E-state index contributed by atoms with van der Waals surface area (Å²) >= 11 is 0. The van der Waals surface area contributed by atoms with E-state index in [0.29, 0.717) is 12.0 Å². The lowest BCUT2D eigenvalue weighted by Crippen LogP contribution is -2.42. The second-order valence-corrected chi connectivity index (χ2v) is 9.76. The molecule has 0 aliphatic rings. The Bertz CT molecular complexity index is 1280. The summed E-state index contributed by atoms with van der Waals surface area (Å²) < 4.78 is 38.7. The first kappa shape index (κ1) is 24.7. The molecule has 1 atom stereocenters. The lowest BCUT2D eigenvalue weighted by Gasteiger charge is -2.17. The lowest BCUT2D eigenvalue weighted by atomic mass is 10.0. The zero-order valence-electron chi connectivity index (χ0n) is 19.1. The number of esters is 1. The fourth-order valence-electron chi connectivity index (χ4n) is 3.52. The van der Waals surface area contributed by atoms with Crippen molar-refractivity contribution in [1.82, 2.24) is 4.72 Å². The molecule has 0 spiro atoms. The van der Waals surface area contributed by atoms with Crippen LogP contribution in [0.3, 0.4) is 0 Å². The maximum Gasteiger partial charge on any atom is 0.336 e. The van der Waals surface area contributed by atoms with Crippen LogP contribution in [0.1, 0.15) is 50.7 Å². The molecule has 0 saturated heterocycles. The number of benzene rings is 2. The highest BCUT2D eigenvalue weighted by atomic mass is 32.2. The third kappa shape index (κ3) is 6.30. The first-order valence-corrected chi connectivity index (χ1v) is 12.6. The Balaban J connectivity index is 1.82. The molecule has 3 aromatic rings. The van der Waals surface area contributed by atoms with E-state index in [-0.39, 0.29) is 17.1 Å². The second kappa shape index (κ2) is 10.8. The highest BCUT2D eigenvalue weighted by Crippen LogP contribution is 2.24. The molecule has 0 fully saturated rings. The van der Waals surface area contributed by atoms with Gasteiger partial charge >= 0.3 is 11.6 Å². The van der Waals surface area contributed by atoms with Gasteiger partial charge in [-0.15, -0.1) is 0 Å². The first-order valence-electron chi connectivity index (χ1n) is 11.1.